The predicted molar refractivity (Wildman–Crippen MR) is 167 cm³/mol. The first-order chi connectivity index (χ1) is 18.8. The molecule has 0 saturated heterocycles. The summed E-state index contributed by atoms with van der Waals surface area (Å²) in [5.41, 5.74) is 3.82. The Morgan fingerprint density at radius 2 is 1.68 bits per heavy atom. The summed E-state index contributed by atoms with van der Waals surface area (Å²) >= 11 is 12.1. The SMILES string of the molecule is CN1c2ccccc2NC1(C(=O)Nc1ccccc1N(CCCl)CCCl)n1ccc(NC(=O)CC[S+](C)C)c1.[I-]. The number of hydrogen-bond donors (Lipinski definition) is 3. The molecule has 2 amide bonds. The first-order valence-corrected chi connectivity index (χ1v) is 16.0. The van der Waals surface area contributed by atoms with Crippen LogP contribution in [0.4, 0.5) is 28.4 Å². The minimum atomic E-state index is -1.33. The highest BCUT2D eigenvalue weighted by Crippen LogP contribution is 2.43. The molecule has 8 nitrogen and oxygen atoms in total. The number of halogens is 3. The molecular formula is C28H35Cl2IN6O2S. The number of carbonyl (C=O) groups is 2. The van der Waals surface area contributed by atoms with E-state index in [4.69, 9.17) is 23.2 Å². The Morgan fingerprint density at radius 1 is 1.00 bits per heavy atom. The number of nitrogens with one attached hydrogen (secondary N) is 3. The number of anilines is 5. The van der Waals surface area contributed by atoms with Gasteiger partial charge in [-0.25, -0.2) is 0 Å². The molecule has 40 heavy (non-hydrogen) atoms. The maximum Gasteiger partial charge on any atom is 0.293 e. The number of carbonyl (C=O) groups excluding carboxylic acids is 2. The Labute approximate surface area is 266 Å². The van der Waals surface area contributed by atoms with Crippen LogP contribution in [-0.4, -0.2) is 66.5 Å². The third-order valence-corrected chi connectivity index (χ3v) is 8.02. The zero-order valence-electron chi connectivity index (χ0n) is 22.8. The number of hydrogen-bond acceptors (Lipinski definition) is 5. The maximum atomic E-state index is 14.3. The maximum absolute atomic E-state index is 14.3. The molecule has 0 aliphatic carbocycles. The van der Waals surface area contributed by atoms with Gasteiger partial charge in [0.05, 0.1) is 47.4 Å². The summed E-state index contributed by atoms with van der Waals surface area (Å²) in [4.78, 5) is 30.8. The van der Waals surface area contributed by atoms with Crippen LogP contribution >= 0.6 is 23.2 Å². The zero-order chi connectivity index (χ0) is 28.0. The van der Waals surface area contributed by atoms with Gasteiger partial charge in [0.2, 0.25) is 5.91 Å². The normalized spacial score (nSPS) is 15.7. The van der Waals surface area contributed by atoms with Gasteiger partial charge in [0.15, 0.2) is 0 Å². The van der Waals surface area contributed by atoms with Crippen LogP contribution in [0, 0.1) is 0 Å². The molecule has 1 aliphatic heterocycles. The van der Waals surface area contributed by atoms with Gasteiger partial charge in [0.25, 0.3) is 11.7 Å². The molecule has 4 rings (SSSR count). The summed E-state index contributed by atoms with van der Waals surface area (Å²) < 4.78 is 1.79. The van der Waals surface area contributed by atoms with Gasteiger partial charge in [-0.2, -0.15) is 0 Å². The number of likely N-dealkylation sites (N-methyl/N-ethyl adjacent to an activating group) is 1. The van der Waals surface area contributed by atoms with Crippen molar-refractivity contribution in [2.45, 2.75) is 12.2 Å². The fraction of sp³-hybridized carbons (Fsp3) is 0.357. The average molecular weight is 718 g/mol. The van der Waals surface area contributed by atoms with Crippen molar-refractivity contribution in [2.75, 3.05) is 75.9 Å². The van der Waals surface area contributed by atoms with E-state index in [0.717, 1.165) is 22.8 Å². The lowest BCUT2D eigenvalue weighted by Gasteiger charge is -2.37. The van der Waals surface area contributed by atoms with Crippen molar-refractivity contribution in [3.63, 3.8) is 0 Å². The number of para-hydroxylation sites is 4. The quantitative estimate of drug-likeness (QED) is 0.152. The number of aromatic nitrogens is 1. The molecule has 1 aromatic heterocycles. The predicted octanol–water partition coefficient (Wildman–Crippen LogP) is 1.79. The summed E-state index contributed by atoms with van der Waals surface area (Å²) in [7, 11) is 2.06. The van der Waals surface area contributed by atoms with E-state index < -0.39 is 5.79 Å². The Bertz CT molecular complexity index is 1300. The minimum Gasteiger partial charge on any atom is -1.00 e. The van der Waals surface area contributed by atoms with E-state index in [1.165, 1.54) is 0 Å². The van der Waals surface area contributed by atoms with E-state index in [9.17, 15) is 9.59 Å². The smallest absolute Gasteiger partial charge is 0.293 e. The van der Waals surface area contributed by atoms with Crippen molar-refractivity contribution in [1.29, 1.82) is 0 Å². The second-order valence-electron chi connectivity index (χ2n) is 9.51. The van der Waals surface area contributed by atoms with Gasteiger partial charge in [-0.05, 0) is 41.2 Å². The summed E-state index contributed by atoms with van der Waals surface area (Å²) in [6.45, 7) is 1.18. The Hall–Kier alpha value is -2.28. The second-order valence-corrected chi connectivity index (χ2v) is 12.6. The first-order valence-electron chi connectivity index (χ1n) is 12.7. The molecule has 3 aromatic rings. The number of alkyl halides is 2. The summed E-state index contributed by atoms with van der Waals surface area (Å²) in [6.07, 6.45) is 8.27. The molecule has 1 unspecified atom stereocenters. The highest BCUT2D eigenvalue weighted by molar-refractivity contribution is 7.95. The summed E-state index contributed by atoms with van der Waals surface area (Å²) in [5, 5.41) is 9.58. The van der Waals surface area contributed by atoms with Gasteiger partial charge in [-0.1, -0.05) is 24.3 Å². The van der Waals surface area contributed by atoms with Crippen LogP contribution in [0.2, 0.25) is 0 Å². The van der Waals surface area contributed by atoms with Crippen LogP contribution in [0.25, 0.3) is 0 Å². The molecule has 0 spiro atoms. The van der Waals surface area contributed by atoms with Crippen LogP contribution in [-0.2, 0) is 26.3 Å². The summed E-state index contributed by atoms with van der Waals surface area (Å²) in [6, 6.07) is 17.2. The van der Waals surface area contributed by atoms with Crippen molar-refractivity contribution in [3.8, 4) is 0 Å². The second kappa shape index (κ2) is 14.6. The van der Waals surface area contributed by atoms with Crippen molar-refractivity contribution in [2.24, 2.45) is 0 Å². The van der Waals surface area contributed by atoms with Crippen molar-refractivity contribution in [1.82, 2.24) is 4.57 Å². The molecule has 0 fully saturated rings. The molecule has 0 bridgehead atoms. The topological polar surface area (TPSA) is 81.6 Å². The monoisotopic (exact) mass is 716 g/mol. The number of benzene rings is 2. The van der Waals surface area contributed by atoms with E-state index in [-0.39, 0.29) is 46.7 Å². The molecule has 2 heterocycles. The van der Waals surface area contributed by atoms with Crippen LogP contribution in [0.1, 0.15) is 6.42 Å². The van der Waals surface area contributed by atoms with Crippen LogP contribution < -0.4 is 49.7 Å². The molecule has 216 valence electrons. The fourth-order valence-corrected chi connectivity index (χ4v) is 5.70. The third kappa shape index (κ3) is 6.95. The number of fused-ring (bicyclic) bond motifs is 1. The molecule has 2 aromatic carbocycles. The fourth-order valence-electron chi connectivity index (χ4n) is 4.70. The Kier molecular flexibility index (Phi) is 11.7. The van der Waals surface area contributed by atoms with Crippen LogP contribution in [0.5, 0.6) is 0 Å². The zero-order valence-corrected chi connectivity index (χ0v) is 27.3. The highest BCUT2D eigenvalue weighted by atomic mass is 127. The van der Waals surface area contributed by atoms with Crippen molar-refractivity contribution >= 4 is 74.3 Å². The lowest BCUT2D eigenvalue weighted by Crippen LogP contribution is -3.00. The van der Waals surface area contributed by atoms with E-state index in [1.54, 1.807) is 23.0 Å². The molecular weight excluding hydrogens is 682 g/mol. The van der Waals surface area contributed by atoms with E-state index in [1.807, 2.05) is 60.5 Å². The van der Waals surface area contributed by atoms with Gasteiger partial charge in [-0.3, -0.25) is 9.59 Å². The van der Waals surface area contributed by atoms with Gasteiger partial charge in [0.1, 0.15) is 5.75 Å². The number of rotatable bonds is 12. The minimum absolute atomic E-state index is 0. The molecule has 3 N–H and O–H groups in total. The lowest BCUT2D eigenvalue weighted by atomic mass is 10.2. The third-order valence-electron chi connectivity index (χ3n) is 6.67. The molecule has 0 radical (unpaired) electrons. The van der Waals surface area contributed by atoms with Crippen LogP contribution in [0.15, 0.2) is 67.0 Å². The van der Waals surface area contributed by atoms with Crippen molar-refractivity contribution < 1.29 is 33.6 Å². The molecule has 1 atom stereocenters. The Balaban J connectivity index is 0.00000441. The number of amides is 2. The van der Waals surface area contributed by atoms with Gasteiger partial charge >= 0.3 is 0 Å². The largest absolute Gasteiger partial charge is 1.00 e. The van der Waals surface area contributed by atoms with E-state index >= 15 is 0 Å². The molecule has 0 saturated carbocycles. The number of nitrogens with zero attached hydrogens (tertiary/aromatic N) is 3. The standard InChI is InChI=1S/C28H34Cl2N6O2S.HI/c1-34-24-10-6-5-9-23(24)33-28(34,36-16-12-21(20-36)31-26(37)13-19-39(2)3)27(38)32-22-8-4-7-11-25(22)35(17-14-29)18-15-30;/h4-12,16,20,33H,13-15,17-19H2,1-3H3,(H-,31,32,37,38);1H. The summed E-state index contributed by atoms with van der Waals surface area (Å²) in [5.74, 6) is 0.0256. The van der Waals surface area contributed by atoms with Crippen LogP contribution in [0.3, 0.4) is 0 Å². The van der Waals surface area contributed by atoms with E-state index in [2.05, 4.69) is 33.4 Å². The molecule has 12 heteroatoms. The van der Waals surface area contributed by atoms with Gasteiger partial charge < -0.3 is 54.3 Å². The van der Waals surface area contributed by atoms with Gasteiger partial charge in [0, 0.05) is 44.3 Å². The molecule has 1 aliphatic rings. The van der Waals surface area contributed by atoms with E-state index in [0.29, 0.717) is 42.6 Å². The Morgan fingerprint density at radius 3 is 2.35 bits per heavy atom. The van der Waals surface area contributed by atoms with Gasteiger partial charge in [-0.15, -0.1) is 23.2 Å². The average Bonchev–Trinajstić information content (AvgIpc) is 3.51. The first kappa shape index (κ1) is 32.2. The van der Waals surface area contributed by atoms with Crippen molar-refractivity contribution in [3.05, 3.63) is 67.0 Å². The highest BCUT2D eigenvalue weighted by Gasteiger charge is 2.50. The lowest BCUT2D eigenvalue weighted by molar-refractivity contribution is -0.123.